The first-order valence-corrected chi connectivity index (χ1v) is 7.52. The molecule has 1 aromatic carbocycles. The van der Waals surface area contributed by atoms with Gasteiger partial charge in [-0.2, -0.15) is 0 Å². The van der Waals surface area contributed by atoms with Gasteiger partial charge < -0.3 is 14.5 Å². The average Bonchev–Trinajstić information content (AvgIpc) is 2.50. The fourth-order valence-electron chi connectivity index (χ4n) is 2.25. The molecule has 0 unspecified atom stereocenters. The molecule has 21 heavy (non-hydrogen) atoms. The number of ether oxygens (including phenoxy) is 1. The van der Waals surface area contributed by atoms with Crippen LogP contribution in [0.2, 0.25) is 0 Å². The van der Waals surface area contributed by atoms with Crippen LogP contribution in [-0.2, 0) is 16.0 Å². The van der Waals surface area contributed by atoms with Crippen LogP contribution in [0.25, 0.3) is 0 Å². The Labute approximate surface area is 130 Å². The van der Waals surface area contributed by atoms with E-state index in [4.69, 9.17) is 4.74 Å². The molecule has 1 saturated heterocycles. The van der Waals surface area contributed by atoms with Crippen molar-refractivity contribution in [3.8, 4) is 0 Å². The molecule has 0 radical (unpaired) electrons. The molecule has 0 aromatic heterocycles. The predicted molar refractivity (Wildman–Crippen MR) is 82.6 cm³/mol. The van der Waals surface area contributed by atoms with Crippen molar-refractivity contribution in [2.24, 2.45) is 0 Å². The van der Waals surface area contributed by atoms with Crippen LogP contribution in [0.15, 0.2) is 29.2 Å². The minimum atomic E-state index is -0.297. The van der Waals surface area contributed by atoms with E-state index in [-0.39, 0.29) is 12.0 Å². The van der Waals surface area contributed by atoms with Crippen LogP contribution in [0.3, 0.4) is 0 Å². The molecule has 0 bridgehead atoms. The zero-order valence-electron chi connectivity index (χ0n) is 12.1. The number of thiol groups is 1. The highest BCUT2D eigenvalue weighted by Gasteiger charge is 2.24. The van der Waals surface area contributed by atoms with Gasteiger partial charge >= 0.3 is 6.09 Å². The highest BCUT2D eigenvalue weighted by molar-refractivity contribution is 7.80. The van der Waals surface area contributed by atoms with Crippen molar-refractivity contribution in [2.75, 3.05) is 32.8 Å². The summed E-state index contributed by atoms with van der Waals surface area (Å²) in [4.78, 5) is 28.1. The zero-order chi connectivity index (χ0) is 15.2. The maximum Gasteiger partial charge on any atom is 0.409 e. The molecule has 0 N–H and O–H groups in total. The molecule has 1 aliphatic rings. The van der Waals surface area contributed by atoms with Gasteiger partial charge in [-0.15, -0.1) is 12.6 Å². The van der Waals surface area contributed by atoms with Crippen molar-refractivity contribution < 1.29 is 14.3 Å². The second-order valence-corrected chi connectivity index (χ2v) is 5.43. The smallest absolute Gasteiger partial charge is 0.409 e. The molecule has 1 aromatic rings. The number of rotatable bonds is 3. The lowest BCUT2D eigenvalue weighted by atomic mass is 10.1. The van der Waals surface area contributed by atoms with Crippen LogP contribution >= 0.6 is 12.6 Å². The molecule has 114 valence electrons. The van der Waals surface area contributed by atoms with Crippen LogP contribution in [0.5, 0.6) is 0 Å². The lowest BCUT2D eigenvalue weighted by Gasteiger charge is -2.34. The number of carbonyl (C=O) groups excluding carboxylic acids is 2. The van der Waals surface area contributed by atoms with Crippen molar-refractivity contribution in [2.45, 2.75) is 18.2 Å². The van der Waals surface area contributed by atoms with Gasteiger partial charge in [0.25, 0.3) is 0 Å². The van der Waals surface area contributed by atoms with Crippen molar-refractivity contribution >= 4 is 24.6 Å². The number of benzene rings is 1. The number of carbonyl (C=O) groups is 2. The van der Waals surface area contributed by atoms with Crippen molar-refractivity contribution in [3.63, 3.8) is 0 Å². The topological polar surface area (TPSA) is 49.9 Å². The lowest BCUT2D eigenvalue weighted by Crippen LogP contribution is -2.51. The summed E-state index contributed by atoms with van der Waals surface area (Å²) in [6, 6.07) is 7.58. The van der Waals surface area contributed by atoms with E-state index in [1.54, 1.807) is 16.7 Å². The summed E-state index contributed by atoms with van der Waals surface area (Å²) in [6.07, 6.45) is 0.0852. The first kappa shape index (κ1) is 15.7. The lowest BCUT2D eigenvalue weighted by molar-refractivity contribution is -0.132. The number of piperazine rings is 1. The molecule has 6 heteroatoms. The van der Waals surface area contributed by atoms with E-state index in [2.05, 4.69) is 12.6 Å². The van der Waals surface area contributed by atoms with Crippen molar-refractivity contribution in [1.29, 1.82) is 0 Å². The number of hydrogen-bond acceptors (Lipinski definition) is 4. The number of amides is 2. The Morgan fingerprint density at radius 3 is 2.24 bits per heavy atom. The minimum absolute atomic E-state index is 0.0884. The van der Waals surface area contributed by atoms with Crippen LogP contribution in [0, 0.1) is 0 Å². The van der Waals surface area contributed by atoms with Gasteiger partial charge in [-0.05, 0) is 24.6 Å². The second kappa shape index (κ2) is 7.36. The zero-order valence-corrected chi connectivity index (χ0v) is 13.0. The monoisotopic (exact) mass is 308 g/mol. The molecule has 0 spiro atoms. The minimum Gasteiger partial charge on any atom is -0.450 e. The van der Waals surface area contributed by atoms with Crippen LogP contribution in [0.1, 0.15) is 12.5 Å². The first-order chi connectivity index (χ1) is 10.1. The second-order valence-electron chi connectivity index (χ2n) is 4.91. The predicted octanol–water partition coefficient (Wildman–Crippen LogP) is 1.82. The van der Waals surface area contributed by atoms with Crippen LogP contribution < -0.4 is 0 Å². The van der Waals surface area contributed by atoms with Gasteiger partial charge in [-0.3, -0.25) is 4.79 Å². The summed E-state index contributed by atoms with van der Waals surface area (Å²) in [5, 5.41) is 0. The molecule has 5 nitrogen and oxygen atoms in total. The molecule has 2 amide bonds. The van der Waals surface area contributed by atoms with Gasteiger partial charge in [0.1, 0.15) is 0 Å². The van der Waals surface area contributed by atoms with E-state index in [9.17, 15) is 9.59 Å². The van der Waals surface area contributed by atoms with E-state index in [0.29, 0.717) is 39.2 Å². The van der Waals surface area contributed by atoms with Gasteiger partial charge in [0.15, 0.2) is 0 Å². The van der Waals surface area contributed by atoms with E-state index in [1.807, 2.05) is 24.3 Å². The molecule has 2 rings (SSSR count). The Bertz CT molecular complexity index is 496. The van der Waals surface area contributed by atoms with E-state index in [0.717, 1.165) is 10.5 Å². The highest BCUT2D eigenvalue weighted by Crippen LogP contribution is 2.11. The first-order valence-electron chi connectivity index (χ1n) is 7.07. The summed E-state index contributed by atoms with van der Waals surface area (Å²) in [6.45, 7) is 4.33. The van der Waals surface area contributed by atoms with Gasteiger partial charge in [0, 0.05) is 31.1 Å². The molecular formula is C15H20N2O3S. The van der Waals surface area contributed by atoms with Crippen molar-refractivity contribution in [3.05, 3.63) is 29.8 Å². The van der Waals surface area contributed by atoms with Gasteiger partial charge in [-0.1, -0.05) is 12.1 Å². The maximum absolute atomic E-state index is 12.2. The Morgan fingerprint density at radius 1 is 1.10 bits per heavy atom. The third-order valence-corrected chi connectivity index (χ3v) is 3.75. The van der Waals surface area contributed by atoms with E-state index < -0.39 is 0 Å². The molecule has 0 atom stereocenters. The summed E-state index contributed by atoms with van der Waals surface area (Å²) < 4.78 is 4.96. The largest absolute Gasteiger partial charge is 0.450 e. The van der Waals surface area contributed by atoms with Crippen LogP contribution in [0.4, 0.5) is 4.79 Å². The Balaban J connectivity index is 1.83. The average molecular weight is 308 g/mol. The van der Waals surface area contributed by atoms with Crippen molar-refractivity contribution in [1.82, 2.24) is 9.80 Å². The summed E-state index contributed by atoms with van der Waals surface area (Å²) >= 11 is 4.23. The van der Waals surface area contributed by atoms with Gasteiger partial charge in [0.05, 0.1) is 13.0 Å². The van der Waals surface area contributed by atoms with E-state index >= 15 is 0 Å². The molecule has 1 fully saturated rings. The third-order valence-electron chi connectivity index (χ3n) is 3.45. The SMILES string of the molecule is CCOC(=O)N1CCN(C(=O)Cc2ccc(S)cc2)CC1. The summed E-state index contributed by atoms with van der Waals surface area (Å²) in [5.41, 5.74) is 0.977. The molecule has 0 saturated carbocycles. The number of nitrogens with zero attached hydrogens (tertiary/aromatic N) is 2. The Hall–Kier alpha value is -1.69. The molecular weight excluding hydrogens is 288 g/mol. The Kier molecular flexibility index (Phi) is 5.50. The quantitative estimate of drug-likeness (QED) is 0.867. The third kappa shape index (κ3) is 4.39. The fraction of sp³-hybridized carbons (Fsp3) is 0.467. The van der Waals surface area contributed by atoms with Gasteiger partial charge in [-0.25, -0.2) is 4.79 Å². The number of hydrogen-bond donors (Lipinski definition) is 1. The molecule has 0 aliphatic carbocycles. The van der Waals surface area contributed by atoms with Crippen LogP contribution in [-0.4, -0.2) is 54.6 Å². The standard InChI is InChI=1S/C15H20N2O3S/c1-2-20-15(19)17-9-7-16(8-10-17)14(18)11-12-3-5-13(21)6-4-12/h3-6,21H,2,7-11H2,1H3. The normalized spacial score (nSPS) is 15.0. The van der Waals surface area contributed by atoms with Gasteiger partial charge in [0.2, 0.25) is 5.91 Å². The maximum atomic E-state index is 12.2. The summed E-state index contributed by atoms with van der Waals surface area (Å²) in [5.74, 6) is 0.0884. The fourth-order valence-corrected chi connectivity index (χ4v) is 2.40. The molecule has 1 aliphatic heterocycles. The molecule has 1 heterocycles. The van der Waals surface area contributed by atoms with E-state index in [1.165, 1.54) is 0 Å². The Morgan fingerprint density at radius 2 is 1.67 bits per heavy atom. The summed E-state index contributed by atoms with van der Waals surface area (Å²) in [7, 11) is 0. The highest BCUT2D eigenvalue weighted by atomic mass is 32.1.